The van der Waals surface area contributed by atoms with Crippen LogP contribution in [0.15, 0.2) is 0 Å². The summed E-state index contributed by atoms with van der Waals surface area (Å²) in [6, 6.07) is 0. The first-order valence-corrected chi connectivity index (χ1v) is 4.67. The van der Waals surface area contributed by atoms with Crippen LogP contribution in [0.2, 0.25) is 0 Å². The van der Waals surface area contributed by atoms with E-state index in [4.69, 9.17) is 5.73 Å². The number of rotatable bonds is 3. The number of H-pyrrole nitrogens is 1. The molecule has 0 amide bonds. The molecule has 0 aliphatic heterocycles. The quantitative estimate of drug-likeness (QED) is 0.695. The van der Waals surface area contributed by atoms with Gasteiger partial charge < -0.3 is 5.73 Å². The molecule has 0 atom stereocenters. The molecule has 0 saturated heterocycles. The van der Waals surface area contributed by atoms with Crippen LogP contribution < -0.4 is 5.73 Å². The average molecular weight is 165 g/mol. The standard InChI is InChI=1S/C9H15N3/c10-6-2-5-9-7-3-1-4-8(7)11-12-9/h1-6,10H2,(H,11,12). The maximum absolute atomic E-state index is 5.45. The molecule has 1 aliphatic rings. The molecule has 1 aromatic rings. The van der Waals surface area contributed by atoms with E-state index in [0.29, 0.717) is 0 Å². The summed E-state index contributed by atoms with van der Waals surface area (Å²) in [6.07, 6.45) is 5.79. The molecule has 1 aliphatic carbocycles. The predicted octanol–water partition coefficient (Wildman–Crippen LogP) is 0.790. The number of aromatic amines is 1. The lowest BCUT2D eigenvalue weighted by molar-refractivity contribution is 0.778. The smallest absolute Gasteiger partial charge is 0.0657 e. The van der Waals surface area contributed by atoms with Gasteiger partial charge in [0.05, 0.1) is 5.69 Å². The van der Waals surface area contributed by atoms with Gasteiger partial charge in [0.2, 0.25) is 0 Å². The Bertz CT molecular complexity index is 265. The first-order chi connectivity index (χ1) is 5.92. The zero-order chi connectivity index (χ0) is 8.39. The molecule has 1 heterocycles. The van der Waals surface area contributed by atoms with Crippen LogP contribution in [0.25, 0.3) is 0 Å². The Morgan fingerprint density at radius 2 is 2.33 bits per heavy atom. The van der Waals surface area contributed by atoms with Gasteiger partial charge in [0.25, 0.3) is 0 Å². The Balaban J connectivity index is 2.11. The van der Waals surface area contributed by atoms with Gasteiger partial charge in [0, 0.05) is 5.69 Å². The number of hydrogen-bond donors (Lipinski definition) is 2. The summed E-state index contributed by atoms with van der Waals surface area (Å²) in [4.78, 5) is 0. The normalized spacial score (nSPS) is 15.1. The van der Waals surface area contributed by atoms with Gasteiger partial charge in [-0.05, 0) is 44.2 Å². The summed E-state index contributed by atoms with van der Waals surface area (Å²) in [5, 5.41) is 7.40. The van der Waals surface area contributed by atoms with E-state index in [2.05, 4.69) is 10.2 Å². The highest BCUT2D eigenvalue weighted by Gasteiger charge is 2.17. The Morgan fingerprint density at radius 3 is 3.17 bits per heavy atom. The molecule has 1 aromatic heterocycles. The number of nitrogens with zero attached hydrogens (tertiary/aromatic N) is 1. The first-order valence-electron chi connectivity index (χ1n) is 4.67. The van der Waals surface area contributed by atoms with Gasteiger partial charge in [-0.1, -0.05) is 0 Å². The van der Waals surface area contributed by atoms with Crippen LogP contribution in [0.1, 0.15) is 29.8 Å². The van der Waals surface area contributed by atoms with Crippen LogP contribution in [0.4, 0.5) is 0 Å². The molecule has 0 spiro atoms. The van der Waals surface area contributed by atoms with Crippen molar-refractivity contribution in [1.29, 1.82) is 0 Å². The van der Waals surface area contributed by atoms with E-state index in [1.807, 2.05) is 0 Å². The second-order valence-electron chi connectivity index (χ2n) is 3.37. The fourth-order valence-electron chi connectivity index (χ4n) is 1.86. The zero-order valence-corrected chi connectivity index (χ0v) is 7.27. The molecule has 0 fully saturated rings. The van der Waals surface area contributed by atoms with Crippen molar-refractivity contribution in [3.63, 3.8) is 0 Å². The minimum Gasteiger partial charge on any atom is -0.330 e. The summed E-state index contributed by atoms with van der Waals surface area (Å²) in [5.41, 5.74) is 9.55. The molecule has 3 heteroatoms. The Kier molecular flexibility index (Phi) is 2.13. The average Bonchev–Trinajstić information content (AvgIpc) is 2.62. The lowest BCUT2D eigenvalue weighted by atomic mass is 10.1. The van der Waals surface area contributed by atoms with E-state index < -0.39 is 0 Å². The summed E-state index contributed by atoms with van der Waals surface area (Å²) in [6.45, 7) is 0.766. The van der Waals surface area contributed by atoms with E-state index in [0.717, 1.165) is 19.4 Å². The molecule has 0 radical (unpaired) electrons. The van der Waals surface area contributed by atoms with Crippen LogP contribution in [-0.2, 0) is 19.3 Å². The molecule has 0 bridgehead atoms. The number of fused-ring (bicyclic) bond motifs is 1. The number of nitrogens with two attached hydrogens (primary N) is 1. The molecule has 0 unspecified atom stereocenters. The predicted molar refractivity (Wildman–Crippen MR) is 48.0 cm³/mol. The molecule has 3 nitrogen and oxygen atoms in total. The van der Waals surface area contributed by atoms with Gasteiger partial charge in [0.1, 0.15) is 0 Å². The second kappa shape index (κ2) is 3.27. The van der Waals surface area contributed by atoms with E-state index >= 15 is 0 Å². The van der Waals surface area contributed by atoms with Crippen molar-refractivity contribution in [3.8, 4) is 0 Å². The van der Waals surface area contributed by atoms with Crippen LogP contribution >= 0.6 is 0 Å². The van der Waals surface area contributed by atoms with Crippen LogP contribution in [0.3, 0.4) is 0 Å². The maximum atomic E-state index is 5.45. The largest absolute Gasteiger partial charge is 0.330 e. The summed E-state index contributed by atoms with van der Waals surface area (Å²) < 4.78 is 0. The summed E-state index contributed by atoms with van der Waals surface area (Å²) >= 11 is 0. The van der Waals surface area contributed by atoms with Crippen LogP contribution in [-0.4, -0.2) is 16.7 Å². The Hall–Kier alpha value is -0.830. The molecule has 2 rings (SSSR count). The molecule has 12 heavy (non-hydrogen) atoms. The van der Waals surface area contributed by atoms with Crippen LogP contribution in [0, 0.1) is 0 Å². The summed E-state index contributed by atoms with van der Waals surface area (Å²) in [7, 11) is 0. The topological polar surface area (TPSA) is 54.7 Å². The van der Waals surface area contributed by atoms with Crippen molar-refractivity contribution < 1.29 is 0 Å². The fourth-order valence-corrected chi connectivity index (χ4v) is 1.86. The van der Waals surface area contributed by atoms with Gasteiger partial charge >= 0.3 is 0 Å². The fraction of sp³-hybridized carbons (Fsp3) is 0.667. The van der Waals surface area contributed by atoms with Gasteiger partial charge in [-0.3, -0.25) is 5.10 Å². The molecular weight excluding hydrogens is 150 g/mol. The Labute approximate surface area is 72.4 Å². The number of aromatic nitrogens is 2. The highest BCUT2D eigenvalue weighted by Crippen LogP contribution is 2.23. The molecular formula is C9H15N3. The van der Waals surface area contributed by atoms with Crippen molar-refractivity contribution in [2.75, 3.05) is 6.54 Å². The van der Waals surface area contributed by atoms with Crippen molar-refractivity contribution in [2.45, 2.75) is 32.1 Å². The minimum absolute atomic E-state index is 0.766. The molecule has 0 aromatic carbocycles. The third kappa shape index (κ3) is 1.25. The van der Waals surface area contributed by atoms with Crippen molar-refractivity contribution >= 4 is 0 Å². The first kappa shape index (κ1) is 7.80. The lowest BCUT2D eigenvalue weighted by Gasteiger charge is -1.96. The Morgan fingerprint density at radius 1 is 1.42 bits per heavy atom. The third-order valence-electron chi connectivity index (χ3n) is 2.51. The summed E-state index contributed by atoms with van der Waals surface area (Å²) in [5.74, 6) is 0. The van der Waals surface area contributed by atoms with Gasteiger partial charge in [-0.15, -0.1) is 0 Å². The van der Waals surface area contributed by atoms with Crippen LogP contribution in [0.5, 0.6) is 0 Å². The zero-order valence-electron chi connectivity index (χ0n) is 7.27. The number of aryl methyl sites for hydroxylation is 2. The minimum atomic E-state index is 0.766. The number of hydrogen-bond acceptors (Lipinski definition) is 2. The van der Waals surface area contributed by atoms with Gasteiger partial charge in [-0.25, -0.2) is 0 Å². The maximum Gasteiger partial charge on any atom is 0.0657 e. The SMILES string of the molecule is NCCCc1n[nH]c2c1CCC2. The number of nitrogens with one attached hydrogen (secondary N) is 1. The highest BCUT2D eigenvalue weighted by atomic mass is 15.1. The molecule has 0 saturated carbocycles. The highest BCUT2D eigenvalue weighted by molar-refractivity contribution is 5.29. The van der Waals surface area contributed by atoms with E-state index in [-0.39, 0.29) is 0 Å². The van der Waals surface area contributed by atoms with Crippen molar-refractivity contribution in [2.24, 2.45) is 5.73 Å². The van der Waals surface area contributed by atoms with Gasteiger partial charge in [-0.2, -0.15) is 5.10 Å². The lowest BCUT2D eigenvalue weighted by Crippen LogP contribution is -2.01. The molecule has 3 N–H and O–H groups in total. The van der Waals surface area contributed by atoms with E-state index in [9.17, 15) is 0 Å². The monoisotopic (exact) mass is 165 g/mol. The second-order valence-corrected chi connectivity index (χ2v) is 3.37. The van der Waals surface area contributed by atoms with Crippen molar-refractivity contribution in [1.82, 2.24) is 10.2 Å². The molecule has 66 valence electrons. The van der Waals surface area contributed by atoms with Gasteiger partial charge in [0.15, 0.2) is 0 Å². The van der Waals surface area contributed by atoms with E-state index in [1.165, 1.54) is 36.2 Å². The van der Waals surface area contributed by atoms with Crippen molar-refractivity contribution in [3.05, 3.63) is 17.0 Å². The third-order valence-corrected chi connectivity index (χ3v) is 2.51. The van der Waals surface area contributed by atoms with E-state index in [1.54, 1.807) is 0 Å².